The largest absolute Gasteiger partial charge is 0.316 e. The highest BCUT2D eigenvalue weighted by molar-refractivity contribution is 5.65. The standard InChI is InChI=1S/C15H15F2N/c1-10-7-13(15(17)8-14(10)16)12-5-3-11(4-6-12)9-18-2/h3-8,18H,9H2,1-2H3. The molecule has 0 aliphatic heterocycles. The number of benzene rings is 2. The summed E-state index contributed by atoms with van der Waals surface area (Å²) in [6, 6.07) is 10.0. The third-order valence-electron chi connectivity index (χ3n) is 2.89. The van der Waals surface area contributed by atoms with Crippen molar-refractivity contribution in [2.45, 2.75) is 13.5 Å². The molecule has 2 aromatic carbocycles. The molecule has 0 radical (unpaired) electrons. The van der Waals surface area contributed by atoms with E-state index in [1.165, 1.54) is 6.07 Å². The van der Waals surface area contributed by atoms with E-state index in [1.54, 1.807) is 6.92 Å². The number of halogens is 2. The first-order valence-electron chi connectivity index (χ1n) is 5.81. The van der Waals surface area contributed by atoms with Crippen LogP contribution >= 0.6 is 0 Å². The van der Waals surface area contributed by atoms with Crippen LogP contribution in [0.1, 0.15) is 11.1 Å². The van der Waals surface area contributed by atoms with Gasteiger partial charge in [-0.3, -0.25) is 0 Å². The Morgan fingerprint density at radius 1 is 1.00 bits per heavy atom. The molecule has 1 N–H and O–H groups in total. The molecule has 94 valence electrons. The Kier molecular flexibility index (Phi) is 3.72. The first kappa shape index (κ1) is 12.7. The lowest BCUT2D eigenvalue weighted by Crippen LogP contribution is -2.04. The van der Waals surface area contributed by atoms with Gasteiger partial charge in [-0.25, -0.2) is 8.78 Å². The van der Waals surface area contributed by atoms with Gasteiger partial charge in [0.2, 0.25) is 0 Å². The van der Waals surface area contributed by atoms with Crippen LogP contribution in [0.3, 0.4) is 0 Å². The maximum absolute atomic E-state index is 13.7. The van der Waals surface area contributed by atoms with Crippen molar-refractivity contribution in [1.82, 2.24) is 5.32 Å². The fourth-order valence-corrected chi connectivity index (χ4v) is 1.88. The molecule has 3 heteroatoms. The molecule has 0 atom stereocenters. The lowest BCUT2D eigenvalue weighted by molar-refractivity contribution is 0.579. The number of aryl methyl sites for hydroxylation is 1. The molecule has 0 amide bonds. The summed E-state index contributed by atoms with van der Waals surface area (Å²) in [5, 5.41) is 3.05. The Balaban J connectivity index is 2.39. The zero-order chi connectivity index (χ0) is 13.1. The Bertz CT molecular complexity index is 547. The lowest BCUT2D eigenvalue weighted by Gasteiger charge is -2.07. The van der Waals surface area contributed by atoms with Gasteiger partial charge in [-0.15, -0.1) is 0 Å². The van der Waals surface area contributed by atoms with Crippen molar-refractivity contribution < 1.29 is 8.78 Å². The van der Waals surface area contributed by atoms with Gasteiger partial charge in [0.25, 0.3) is 0 Å². The Hall–Kier alpha value is -1.74. The Morgan fingerprint density at radius 3 is 2.28 bits per heavy atom. The molecule has 0 saturated carbocycles. The summed E-state index contributed by atoms with van der Waals surface area (Å²) in [5.41, 5.74) is 2.77. The van der Waals surface area contributed by atoms with E-state index < -0.39 is 11.6 Å². The highest BCUT2D eigenvalue weighted by Crippen LogP contribution is 2.25. The normalized spacial score (nSPS) is 10.7. The van der Waals surface area contributed by atoms with Gasteiger partial charge in [0.05, 0.1) is 0 Å². The van der Waals surface area contributed by atoms with Crippen LogP contribution in [0.4, 0.5) is 8.78 Å². The average molecular weight is 247 g/mol. The third kappa shape index (κ3) is 2.57. The number of hydrogen-bond acceptors (Lipinski definition) is 1. The molecule has 0 saturated heterocycles. The molecule has 2 aromatic rings. The minimum Gasteiger partial charge on any atom is -0.316 e. The van der Waals surface area contributed by atoms with Gasteiger partial charge < -0.3 is 5.32 Å². The Morgan fingerprint density at radius 2 is 1.67 bits per heavy atom. The molecule has 0 fully saturated rings. The Labute approximate surface area is 105 Å². The van der Waals surface area contributed by atoms with Crippen molar-refractivity contribution in [3.63, 3.8) is 0 Å². The van der Waals surface area contributed by atoms with Gasteiger partial charge in [-0.1, -0.05) is 24.3 Å². The van der Waals surface area contributed by atoms with Crippen molar-refractivity contribution in [2.75, 3.05) is 7.05 Å². The number of nitrogens with one attached hydrogen (secondary N) is 1. The van der Waals surface area contributed by atoms with Gasteiger partial charge in [0.1, 0.15) is 11.6 Å². The van der Waals surface area contributed by atoms with E-state index in [4.69, 9.17) is 0 Å². The predicted octanol–water partition coefficient (Wildman–Crippen LogP) is 3.66. The average Bonchev–Trinajstić information content (AvgIpc) is 2.35. The van der Waals surface area contributed by atoms with Crippen LogP contribution in [-0.2, 0) is 6.54 Å². The zero-order valence-corrected chi connectivity index (χ0v) is 10.4. The second-order valence-corrected chi connectivity index (χ2v) is 4.31. The van der Waals surface area contributed by atoms with Crippen LogP contribution in [0.15, 0.2) is 36.4 Å². The van der Waals surface area contributed by atoms with Gasteiger partial charge in [-0.2, -0.15) is 0 Å². The smallest absolute Gasteiger partial charge is 0.133 e. The molecular formula is C15H15F2N. The summed E-state index contributed by atoms with van der Waals surface area (Å²) >= 11 is 0. The van der Waals surface area contributed by atoms with E-state index in [0.717, 1.165) is 23.7 Å². The maximum Gasteiger partial charge on any atom is 0.133 e. The van der Waals surface area contributed by atoms with Crippen LogP contribution in [0.5, 0.6) is 0 Å². The second-order valence-electron chi connectivity index (χ2n) is 4.31. The molecule has 2 rings (SSSR count). The summed E-state index contributed by atoms with van der Waals surface area (Å²) in [7, 11) is 1.87. The van der Waals surface area contributed by atoms with Crippen LogP contribution in [-0.4, -0.2) is 7.05 Å². The molecule has 18 heavy (non-hydrogen) atoms. The van der Waals surface area contributed by atoms with E-state index >= 15 is 0 Å². The topological polar surface area (TPSA) is 12.0 Å². The monoisotopic (exact) mass is 247 g/mol. The highest BCUT2D eigenvalue weighted by atomic mass is 19.1. The van der Waals surface area contributed by atoms with Crippen LogP contribution in [0.25, 0.3) is 11.1 Å². The van der Waals surface area contributed by atoms with Crippen LogP contribution < -0.4 is 5.32 Å². The van der Waals surface area contributed by atoms with Gasteiger partial charge in [0, 0.05) is 18.2 Å². The van der Waals surface area contributed by atoms with Crippen molar-refractivity contribution in [3.05, 3.63) is 59.2 Å². The summed E-state index contributed by atoms with van der Waals surface area (Å²) in [6.07, 6.45) is 0. The minimum atomic E-state index is -0.528. The zero-order valence-electron chi connectivity index (χ0n) is 10.4. The van der Waals surface area contributed by atoms with E-state index in [0.29, 0.717) is 11.1 Å². The fraction of sp³-hybridized carbons (Fsp3) is 0.200. The summed E-state index contributed by atoms with van der Waals surface area (Å²) in [5.74, 6) is -1.04. The molecule has 1 nitrogen and oxygen atoms in total. The summed E-state index contributed by atoms with van der Waals surface area (Å²) < 4.78 is 26.9. The molecule has 0 aromatic heterocycles. The van der Waals surface area contributed by atoms with Crippen molar-refractivity contribution in [1.29, 1.82) is 0 Å². The molecular weight excluding hydrogens is 232 g/mol. The molecule has 0 aliphatic rings. The minimum absolute atomic E-state index is 0.435. The second kappa shape index (κ2) is 5.27. The predicted molar refractivity (Wildman–Crippen MR) is 69.3 cm³/mol. The maximum atomic E-state index is 13.7. The first-order valence-corrected chi connectivity index (χ1v) is 5.81. The third-order valence-corrected chi connectivity index (χ3v) is 2.89. The van der Waals surface area contributed by atoms with Crippen molar-refractivity contribution in [3.8, 4) is 11.1 Å². The fourth-order valence-electron chi connectivity index (χ4n) is 1.88. The van der Waals surface area contributed by atoms with E-state index in [-0.39, 0.29) is 0 Å². The molecule has 0 heterocycles. The van der Waals surface area contributed by atoms with Crippen LogP contribution in [0.2, 0.25) is 0 Å². The molecule has 0 bridgehead atoms. The van der Waals surface area contributed by atoms with Gasteiger partial charge >= 0.3 is 0 Å². The van der Waals surface area contributed by atoms with Crippen LogP contribution in [0, 0.1) is 18.6 Å². The molecule has 0 spiro atoms. The highest BCUT2D eigenvalue weighted by Gasteiger charge is 2.09. The van der Waals surface area contributed by atoms with E-state index in [1.807, 2.05) is 31.3 Å². The van der Waals surface area contributed by atoms with Gasteiger partial charge in [-0.05, 0) is 36.7 Å². The van der Waals surface area contributed by atoms with E-state index in [2.05, 4.69) is 5.32 Å². The summed E-state index contributed by atoms with van der Waals surface area (Å²) in [4.78, 5) is 0. The van der Waals surface area contributed by atoms with E-state index in [9.17, 15) is 8.78 Å². The lowest BCUT2D eigenvalue weighted by atomic mass is 10.0. The van der Waals surface area contributed by atoms with Gasteiger partial charge in [0.15, 0.2) is 0 Å². The quantitative estimate of drug-likeness (QED) is 0.872. The summed E-state index contributed by atoms with van der Waals surface area (Å²) in [6.45, 7) is 2.40. The molecule has 0 unspecified atom stereocenters. The number of hydrogen-bond donors (Lipinski definition) is 1. The number of rotatable bonds is 3. The SMILES string of the molecule is CNCc1ccc(-c2cc(C)c(F)cc2F)cc1. The first-order chi connectivity index (χ1) is 8.61. The van der Waals surface area contributed by atoms with Crippen molar-refractivity contribution >= 4 is 0 Å². The van der Waals surface area contributed by atoms with Crippen molar-refractivity contribution in [2.24, 2.45) is 0 Å². The molecule has 0 aliphatic carbocycles.